The van der Waals surface area contributed by atoms with E-state index in [1.165, 1.54) is 63.5 Å². The molecule has 0 bridgehead atoms. The topological polar surface area (TPSA) is 78.0 Å². The van der Waals surface area contributed by atoms with Gasteiger partial charge in [-0.2, -0.15) is 15.0 Å². The first-order chi connectivity index (χ1) is 15.2. The van der Waals surface area contributed by atoms with Gasteiger partial charge in [0.2, 0.25) is 17.8 Å². The Kier molecular flexibility index (Phi) is 7.57. The van der Waals surface area contributed by atoms with Crippen LogP contribution in [0.25, 0.3) is 0 Å². The number of likely N-dealkylation sites (N-methyl/N-ethyl adjacent to an activating group) is 1. The van der Waals surface area contributed by atoms with E-state index >= 15 is 0 Å². The number of anilines is 4. The van der Waals surface area contributed by atoms with E-state index in [1.54, 1.807) is 0 Å². The van der Waals surface area contributed by atoms with Crippen LogP contribution in [0, 0.1) is 6.92 Å². The van der Waals surface area contributed by atoms with Crippen LogP contribution in [-0.4, -0.2) is 51.6 Å². The molecular weight excluding hydrogens is 386 g/mol. The maximum absolute atomic E-state index is 4.73. The molecule has 1 aromatic heterocycles. The molecule has 0 amide bonds. The number of aryl methyl sites for hydroxylation is 1. The van der Waals surface area contributed by atoms with Gasteiger partial charge in [0.1, 0.15) is 0 Å². The molecule has 2 fully saturated rings. The van der Waals surface area contributed by atoms with Gasteiger partial charge in [-0.05, 0) is 63.4 Å². The van der Waals surface area contributed by atoms with Gasteiger partial charge in [0, 0.05) is 24.3 Å². The van der Waals surface area contributed by atoms with Crippen molar-refractivity contribution in [1.29, 1.82) is 0 Å². The monoisotopic (exact) mass is 423 g/mol. The zero-order chi connectivity index (χ0) is 21.5. The third-order valence-electron chi connectivity index (χ3n) is 6.50. The van der Waals surface area contributed by atoms with Crippen molar-refractivity contribution in [2.75, 3.05) is 35.6 Å². The van der Waals surface area contributed by atoms with Crippen molar-refractivity contribution >= 4 is 23.5 Å². The molecule has 1 saturated carbocycles. The van der Waals surface area contributed by atoms with Gasteiger partial charge in [-0.1, -0.05) is 44.7 Å². The van der Waals surface area contributed by atoms with Gasteiger partial charge < -0.3 is 16.0 Å². The molecule has 1 saturated heterocycles. The minimum Gasteiger partial charge on any atom is -0.352 e. The van der Waals surface area contributed by atoms with Gasteiger partial charge in [-0.3, -0.25) is 4.90 Å². The largest absolute Gasteiger partial charge is 0.352 e. The summed E-state index contributed by atoms with van der Waals surface area (Å²) in [4.78, 5) is 16.6. The lowest BCUT2D eigenvalue weighted by Crippen LogP contribution is -2.35. The van der Waals surface area contributed by atoms with Crippen LogP contribution in [0.15, 0.2) is 24.3 Å². The number of hydrogen-bond donors (Lipinski definition) is 3. The van der Waals surface area contributed by atoms with Crippen LogP contribution in [0.2, 0.25) is 0 Å². The molecule has 1 aliphatic carbocycles. The van der Waals surface area contributed by atoms with Crippen LogP contribution in [0.5, 0.6) is 0 Å². The number of nitrogens with one attached hydrogen (secondary N) is 3. The molecule has 7 heteroatoms. The molecule has 1 aromatic carbocycles. The van der Waals surface area contributed by atoms with Crippen LogP contribution in [0.1, 0.15) is 63.9 Å². The zero-order valence-corrected chi connectivity index (χ0v) is 19.0. The highest BCUT2D eigenvalue weighted by Crippen LogP contribution is 2.22. The van der Waals surface area contributed by atoms with Crippen molar-refractivity contribution < 1.29 is 0 Å². The maximum Gasteiger partial charge on any atom is 0.233 e. The number of benzene rings is 1. The molecule has 1 atom stereocenters. The fourth-order valence-electron chi connectivity index (χ4n) is 4.79. The van der Waals surface area contributed by atoms with Crippen molar-refractivity contribution in [2.45, 2.75) is 77.3 Å². The number of nitrogens with zero attached hydrogens (tertiary/aromatic N) is 4. The van der Waals surface area contributed by atoms with E-state index in [0.717, 1.165) is 18.8 Å². The van der Waals surface area contributed by atoms with Gasteiger partial charge in [0.05, 0.1) is 0 Å². The van der Waals surface area contributed by atoms with Gasteiger partial charge in [0.25, 0.3) is 0 Å². The van der Waals surface area contributed by atoms with E-state index in [9.17, 15) is 0 Å². The Balaban J connectivity index is 1.50. The molecular formula is C24H37N7. The lowest BCUT2D eigenvalue weighted by molar-refractivity contribution is 0.277. The second-order valence-corrected chi connectivity index (χ2v) is 8.94. The highest BCUT2D eigenvalue weighted by atomic mass is 15.3. The van der Waals surface area contributed by atoms with E-state index in [4.69, 9.17) is 9.97 Å². The van der Waals surface area contributed by atoms with E-state index < -0.39 is 0 Å². The van der Waals surface area contributed by atoms with Crippen molar-refractivity contribution in [3.8, 4) is 0 Å². The lowest BCUT2D eigenvalue weighted by atomic mass is 10.1. The summed E-state index contributed by atoms with van der Waals surface area (Å²) in [7, 11) is 0. The second-order valence-electron chi connectivity index (χ2n) is 8.94. The molecule has 1 aliphatic heterocycles. The van der Waals surface area contributed by atoms with Gasteiger partial charge in [0.15, 0.2) is 0 Å². The first kappa shape index (κ1) is 21.8. The Morgan fingerprint density at radius 3 is 2.48 bits per heavy atom. The van der Waals surface area contributed by atoms with E-state index in [1.807, 2.05) is 12.1 Å². The second kappa shape index (κ2) is 10.8. The van der Waals surface area contributed by atoms with E-state index in [-0.39, 0.29) is 0 Å². The van der Waals surface area contributed by atoms with Crippen molar-refractivity contribution in [3.63, 3.8) is 0 Å². The number of rotatable bonds is 8. The Hall–Kier alpha value is -2.41. The average molecular weight is 424 g/mol. The summed E-state index contributed by atoms with van der Waals surface area (Å²) in [6.45, 7) is 7.48. The lowest BCUT2D eigenvalue weighted by Gasteiger charge is -2.23. The molecule has 2 heterocycles. The summed E-state index contributed by atoms with van der Waals surface area (Å²) in [5.74, 6) is 1.89. The Morgan fingerprint density at radius 2 is 1.71 bits per heavy atom. The molecule has 168 valence electrons. The summed E-state index contributed by atoms with van der Waals surface area (Å²) >= 11 is 0. The fraction of sp³-hybridized carbons (Fsp3) is 0.625. The van der Waals surface area contributed by atoms with Gasteiger partial charge in [-0.25, -0.2) is 0 Å². The van der Waals surface area contributed by atoms with Crippen LogP contribution in [-0.2, 0) is 0 Å². The third-order valence-corrected chi connectivity index (χ3v) is 6.50. The summed E-state index contributed by atoms with van der Waals surface area (Å²) in [5, 5.41) is 10.5. The summed E-state index contributed by atoms with van der Waals surface area (Å²) < 4.78 is 0. The number of aromatic nitrogens is 3. The fourth-order valence-corrected chi connectivity index (χ4v) is 4.79. The van der Waals surface area contributed by atoms with Crippen LogP contribution in [0.4, 0.5) is 23.5 Å². The third kappa shape index (κ3) is 6.29. The van der Waals surface area contributed by atoms with Crippen molar-refractivity contribution in [1.82, 2.24) is 19.9 Å². The van der Waals surface area contributed by atoms with Crippen LogP contribution < -0.4 is 16.0 Å². The van der Waals surface area contributed by atoms with Crippen LogP contribution >= 0.6 is 0 Å². The van der Waals surface area contributed by atoms with E-state index in [0.29, 0.717) is 29.9 Å². The van der Waals surface area contributed by atoms with Crippen LogP contribution in [0.3, 0.4) is 0 Å². The molecule has 2 aliphatic rings. The molecule has 0 spiro atoms. The normalized spacial score (nSPS) is 20.4. The first-order valence-corrected chi connectivity index (χ1v) is 12.0. The number of hydrogen-bond acceptors (Lipinski definition) is 7. The first-order valence-electron chi connectivity index (χ1n) is 12.0. The highest BCUT2D eigenvalue weighted by molar-refractivity contribution is 5.56. The standard InChI is InChI=1S/C24H37N7/c1-3-31-15-9-14-21(31)17-25-22-28-23(26-19-11-6-4-5-7-12-19)30-24(29-22)27-20-13-8-10-18(2)16-20/h8,10,13,16,19,21H,3-7,9,11-12,14-15,17H2,1-2H3,(H3,25,26,27,28,29,30). The Bertz CT molecular complexity index is 832. The molecule has 31 heavy (non-hydrogen) atoms. The van der Waals surface area contributed by atoms with Crippen molar-refractivity contribution in [3.05, 3.63) is 29.8 Å². The molecule has 7 nitrogen and oxygen atoms in total. The molecule has 3 N–H and O–H groups in total. The van der Waals surface area contributed by atoms with E-state index in [2.05, 4.69) is 51.8 Å². The molecule has 4 rings (SSSR count). The predicted molar refractivity (Wildman–Crippen MR) is 128 cm³/mol. The van der Waals surface area contributed by atoms with Gasteiger partial charge >= 0.3 is 0 Å². The maximum atomic E-state index is 4.73. The quantitative estimate of drug-likeness (QED) is 0.518. The minimum absolute atomic E-state index is 0.440. The Labute approximate surface area is 186 Å². The Morgan fingerprint density at radius 1 is 0.935 bits per heavy atom. The average Bonchev–Trinajstić information content (AvgIpc) is 3.07. The summed E-state index contributed by atoms with van der Waals surface area (Å²) in [6.07, 6.45) is 10.1. The smallest absolute Gasteiger partial charge is 0.233 e. The molecule has 2 aromatic rings. The SMILES string of the molecule is CCN1CCCC1CNc1nc(Nc2cccc(C)c2)nc(NC2CCCCCC2)n1. The summed E-state index contributed by atoms with van der Waals surface area (Å²) in [6, 6.07) is 9.27. The predicted octanol–water partition coefficient (Wildman–Crippen LogP) is 4.95. The van der Waals surface area contributed by atoms with Crippen molar-refractivity contribution in [2.24, 2.45) is 0 Å². The summed E-state index contributed by atoms with van der Waals surface area (Å²) in [5.41, 5.74) is 2.20. The molecule has 1 unspecified atom stereocenters. The van der Waals surface area contributed by atoms with Gasteiger partial charge in [-0.15, -0.1) is 0 Å². The zero-order valence-electron chi connectivity index (χ0n) is 19.0. The molecule has 0 radical (unpaired) electrons. The number of likely N-dealkylation sites (tertiary alicyclic amines) is 1. The minimum atomic E-state index is 0.440. The highest BCUT2D eigenvalue weighted by Gasteiger charge is 2.23.